The number of ketones is 1. The highest BCUT2D eigenvalue weighted by Gasteiger charge is 2.37. The van der Waals surface area contributed by atoms with Crippen molar-refractivity contribution in [2.24, 2.45) is 0 Å². The Labute approximate surface area is 263 Å². The van der Waals surface area contributed by atoms with Gasteiger partial charge in [0.15, 0.2) is 11.6 Å². The molecule has 1 amide bonds. The Morgan fingerprint density at radius 3 is 2.56 bits per heavy atom. The van der Waals surface area contributed by atoms with Crippen LogP contribution in [0.4, 0.5) is 13.2 Å². The number of methoxy groups -OCH3 is 1. The number of hydrogen-bond acceptors (Lipinski definition) is 8. The average Bonchev–Trinajstić information content (AvgIpc) is 3.65. The topological polar surface area (TPSA) is 130 Å². The Morgan fingerprint density at radius 2 is 1.84 bits per heavy atom. The standard InChI is InChI=1S/C29H23Cl2F3N8O3/c1-16-9-18(30)11-22(27(44)36-14-17-5-3-6-20(10-17)45-2)21(16)13-25(43)24-12-19(15-41-39-28(37-40-41)29(32,33)34)38-42(24)26-23(31)7-4-8-35-26/h3-12H,13-15H2,1-2H3,(H,36,44). The number of rotatable bonds is 10. The number of aromatic nitrogens is 7. The number of nitrogens with one attached hydrogen (secondary N) is 1. The number of tetrazole rings is 1. The number of halogens is 5. The minimum Gasteiger partial charge on any atom is -0.497 e. The first kappa shape index (κ1) is 31.6. The molecule has 0 aliphatic heterocycles. The summed E-state index contributed by atoms with van der Waals surface area (Å²) in [6, 6.07) is 14.8. The maximum absolute atomic E-state index is 13.9. The highest BCUT2D eigenvalue weighted by Crippen LogP contribution is 2.27. The van der Waals surface area contributed by atoms with Gasteiger partial charge in [0.05, 0.1) is 17.8 Å². The Hall–Kier alpha value is -4.82. The quantitative estimate of drug-likeness (QED) is 0.200. The summed E-state index contributed by atoms with van der Waals surface area (Å²) < 4.78 is 45.4. The van der Waals surface area contributed by atoms with Crippen molar-refractivity contribution in [1.29, 1.82) is 0 Å². The van der Waals surface area contributed by atoms with Crippen LogP contribution in [-0.4, -0.2) is 53.8 Å². The van der Waals surface area contributed by atoms with E-state index in [1.165, 1.54) is 23.0 Å². The second-order valence-electron chi connectivity index (χ2n) is 9.77. The Morgan fingerprint density at radius 1 is 1.04 bits per heavy atom. The van der Waals surface area contributed by atoms with Gasteiger partial charge in [-0.05, 0) is 71.3 Å². The van der Waals surface area contributed by atoms with Crippen molar-refractivity contribution in [2.45, 2.75) is 32.6 Å². The van der Waals surface area contributed by atoms with E-state index in [0.29, 0.717) is 26.7 Å². The molecule has 0 radical (unpaired) electrons. The summed E-state index contributed by atoms with van der Waals surface area (Å²) in [6.45, 7) is 1.58. The number of Topliss-reactive ketones (excluding diaryl/α,β-unsaturated/α-hetero) is 1. The Kier molecular flexibility index (Phi) is 9.16. The molecule has 0 aliphatic rings. The molecule has 3 aromatic heterocycles. The lowest BCUT2D eigenvalue weighted by Gasteiger charge is -2.14. The van der Waals surface area contributed by atoms with Crippen molar-refractivity contribution in [3.8, 4) is 11.6 Å². The summed E-state index contributed by atoms with van der Waals surface area (Å²) in [4.78, 5) is 32.2. The fraction of sp³-hybridized carbons (Fsp3) is 0.207. The minimum atomic E-state index is -4.78. The molecule has 0 aliphatic carbocycles. The van der Waals surface area contributed by atoms with Crippen LogP contribution in [0.25, 0.3) is 5.82 Å². The van der Waals surface area contributed by atoms with E-state index in [-0.39, 0.29) is 47.3 Å². The van der Waals surface area contributed by atoms with Gasteiger partial charge in [0.25, 0.3) is 11.7 Å². The van der Waals surface area contributed by atoms with Gasteiger partial charge in [-0.1, -0.05) is 35.3 Å². The third-order valence-corrected chi connectivity index (χ3v) is 7.12. The molecule has 3 heterocycles. The lowest BCUT2D eigenvalue weighted by Crippen LogP contribution is -2.25. The van der Waals surface area contributed by atoms with Crippen molar-refractivity contribution in [3.63, 3.8) is 0 Å². The van der Waals surface area contributed by atoms with E-state index in [9.17, 15) is 22.8 Å². The van der Waals surface area contributed by atoms with Gasteiger partial charge in [-0.2, -0.15) is 23.1 Å². The average molecular weight is 659 g/mol. The van der Waals surface area contributed by atoms with E-state index in [2.05, 4.69) is 30.8 Å². The first-order valence-electron chi connectivity index (χ1n) is 13.2. The van der Waals surface area contributed by atoms with E-state index in [1.54, 1.807) is 50.4 Å². The van der Waals surface area contributed by atoms with Gasteiger partial charge in [0, 0.05) is 29.7 Å². The van der Waals surface area contributed by atoms with Gasteiger partial charge < -0.3 is 10.1 Å². The van der Waals surface area contributed by atoms with E-state index < -0.39 is 23.7 Å². The van der Waals surface area contributed by atoms with Crippen molar-refractivity contribution in [1.82, 2.24) is 40.3 Å². The number of ether oxygens (including phenoxy) is 1. The number of alkyl halides is 3. The number of pyridine rings is 1. The highest BCUT2D eigenvalue weighted by molar-refractivity contribution is 6.32. The molecule has 5 rings (SSSR count). The SMILES string of the molecule is COc1cccc(CNC(=O)c2cc(Cl)cc(C)c2CC(=O)c2cc(Cn3nnc(C(F)(F)F)n3)nn2-c2ncccc2Cl)c1. The maximum Gasteiger partial charge on any atom is 0.455 e. The second-order valence-corrected chi connectivity index (χ2v) is 10.6. The van der Waals surface area contributed by atoms with Crippen LogP contribution < -0.4 is 10.1 Å². The fourth-order valence-electron chi connectivity index (χ4n) is 4.49. The number of hydrogen-bond donors (Lipinski definition) is 1. The van der Waals surface area contributed by atoms with Crippen LogP contribution in [0.3, 0.4) is 0 Å². The van der Waals surface area contributed by atoms with Crippen LogP contribution in [0.5, 0.6) is 5.75 Å². The first-order valence-corrected chi connectivity index (χ1v) is 14.0. The molecule has 0 fully saturated rings. The zero-order chi connectivity index (χ0) is 32.3. The van der Waals surface area contributed by atoms with Gasteiger partial charge in [-0.15, -0.1) is 10.2 Å². The predicted molar refractivity (Wildman–Crippen MR) is 157 cm³/mol. The second kappa shape index (κ2) is 13.0. The zero-order valence-corrected chi connectivity index (χ0v) is 25.2. The van der Waals surface area contributed by atoms with Crippen molar-refractivity contribution < 1.29 is 27.5 Å². The Balaban J connectivity index is 1.46. The van der Waals surface area contributed by atoms with Crippen LogP contribution in [0.1, 0.15) is 49.1 Å². The molecule has 0 atom stereocenters. The number of carbonyl (C=O) groups excluding carboxylic acids is 2. The number of amides is 1. The smallest absolute Gasteiger partial charge is 0.455 e. The molecular formula is C29H23Cl2F3N8O3. The molecule has 0 bridgehead atoms. The first-order chi connectivity index (χ1) is 21.4. The predicted octanol–water partition coefficient (Wildman–Crippen LogP) is 5.30. The normalized spacial score (nSPS) is 11.4. The van der Waals surface area contributed by atoms with Gasteiger partial charge in [-0.3, -0.25) is 9.59 Å². The van der Waals surface area contributed by atoms with Crippen LogP contribution in [0, 0.1) is 6.92 Å². The summed E-state index contributed by atoms with van der Waals surface area (Å²) >= 11 is 12.7. The molecule has 45 heavy (non-hydrogen) atoms. The lowest BCUT2D eigenvalue weighted by atomic mass is 9.95. The summed E-state index contributed by atoms with van der Waals surface area (Å²) in [5.41, 5.74) is 2.16. The van der Waals surface area contributed by atoms with Gasteiger partial charge in [0.1, 0.15) is 18.0 Å². The number of benzene rings is 2. The van der Waals surface area contributed by atoms with Crippen LogP contribution in [-0.2, 0) is 25.7 Å². The third kappa shape index (κ3) is 7.29. The summed E-state index contributed by atoms with van der Waals surface area (Å²) in [5.74, 6) is -1.60. The van der Waals surface area contributed by atoms with Crippen LogP contribution in [0.15, 0.2) is 60.8 Å². The van der Waals surface area contributed by atoms with Gasteiger partial charge in [0.2, 0.25) is 0 Å². The monoisotopic (exact) mass is 658 g/mol. The van der Waals surface area contributed by atoms with E-state index in [1.807, 2.05) is 6.07 Å². The molecule has 1 N–H and O–H groups in total. The molecule has 0 unspecified atom stereocenters. The lowest BCUT2D eigenvalue weighted by molar-refractivity contribution is -0.145. The summed E-state index contributed by atoms with van der Waals surface area (Å²) in [5, 5.41) is 17.5. The van der Waals surface area contributed by atoms with Crippen LogP contribution in [0.2, 0.25) is 10.0 Å². The number of carbonyl (C=O) groups is 2. The highest BCUT2D eigenvalue weighted by atomic mass is 35.5. The van der Waals surface area contributed by atoms with Crippen molar-refractivity contribution in [2.75, 3.05) is 7.11 Å². The molecule has 232 valence electrons. The molecule has 5 aromatic rings. The van der Waals surface area contributed by atoms with Crippen LogP contribution >= 0.6 is 23.2 Å². The molecule has 11 nitrogen and oxygen atoms in total. The number of nitrogens with zero attached hydrogens (tertiary/aromatic N) is 7. The third-order valence-electron chi connectivity index (χ3n) is 6.60. The van der Waals surface area contributed by atoms with E-state index in [4.69, 9.17) is 27.9 Å². The van der Waals surface area contributed by atoms with E-state index in [0.717, 1.165) is 5.56 Å². The van der Waals surface area contributed by atoms with E-state index >= 15 is 0 Å². The molecule has 0 saturated heterocycles. The molecule has 16 heteroatoms. The number of aryl methyl sites for hydroxylation is 1. The molecule has 2 aromatic carbocycles. The summed E-state index contributed by atoms with van der Waals surface area (Å²) in [6.07, 6.45) is -3.59. The molecule has 0 spiro atoms. The molecule has 0 saturated carbocycles. The molecular weight excluding hydrogens is 636 g/mol. The summed E-state index contributed by atoms with van der Waals surface area (Å²) in [7, 11) is 1.54. The van der Waals surface area contributed by atoms with Gasteiger partial charge in [-0.25, -0.2) is 9.67 Å². The Bertz CT molecular complexity index is 1890. The van der Waals surface area contributed by atoms with Crippen molar-refractivity contribution >= 4 is 34.9 Å². The largest absolute Gasteiger partial charge is 0.497 e. The van der Waals surface area contributed by atoms with Crippen molar-refractivity contribution in [3.05, 3.63) is 110 Å². The van der Waals surface area contributed by atoms with Gasteiger partial charge >= 0.3 is 6.18 Å². The minimum absolute atomic E-state index is 0.0128. The maximum atomic E-state index is 13.9. The fourth-order valence-corrected chi connectivity index (χ4v) is 4.97. The zero-order valence-electron chi connectivity index (χ0n) is 23.6.